The average molecular weight is 1820 g/mol. The number of ether oxygens (including phenoxy) is 6. The standard InChI is InChI=1S/C30H39N6O9P.C18H23ClNO4P.C12H17N5O5.C2F6O6S2.C2H3F3O3S/c1-17(26(38)42-15-29(2,3)4)35-46(40,45-20-13-9-11-18-10-7-8-12-19(18)20)43-14-21-23(37)30(5,39)27(44-21)36-16-32-22-24(36)33-28(31)34-25(22)41-6;1-13(17(21)23-12-18(2,3)4)20-25(19,22)24-16-11-7-9-14-8-5-6-10-15(14)16;1-12(20)7(19)5(3-18)22-10(12)17-4-14-6-8(17)15-11(13)16-9(6)21-2;3-1(4,5)15(9,10)13-14-16(11,12)2(6,7)8;1-8-9(6,7)2(3,4)5/h7-13,16-17,21,23,27,37,39H,14-15H2,1-6H3,(H,35,40)(H2,31,33,34);5-11,13H,12H2,1-4H3,(H,20,22);4-5,7,10,18-20H,3H2,1-2H3,(H2,13,15,16);;1H3/t17-,21?,23?,27?,30?,46?;13-,25?;;;/m00.../s1. The normalized spacial score (nSPS) is 21.5. The summed E-state index contributed by atoms with van der Waals surface area (Å²) < 4.78 is 248. The van der Waals surface area contributed by atoms with Crippen LogP contribution in [0.3, 0.4) is 0 Å². The molecule has 2 fully saturated rings. The molecule has 0 amide bonds. The molecule has 658 valence electrons. The summed E-state index contributed by atoms with van der Waals surface area (Å²) in [5, 5.41) is 60.8. The lowest BCUT2D eigenvalue weighted by molar-refractivity contribution is -0.148. The minimum absolute atomic E-state index is 0.0250. The maximum absolute atomic E-state index is 14.3. The van der Waals surface area contributed by atoms with Gasteiger partial charge in [0.25, 0.3) is 0 Å². The number of benzene rings is 4. The number of methoxy groups -OCH3 is 2. The maximum atomic E-state index is 14.3. The number of hydrogen-bond acceptors (Lipinski definition) is 35. The zero-order chi connectivity index (χ0) is 89.3. The van der Waals surface area contributed by atoms with Crippen LogP contribution < -0.4 is 40.2 Å². The van der Waals surface area contributed by atoms with Crippen molar-refractivity contribution >= 4 is 124 Å². The number of anilines is 2. The number of alkyl halides is 9. The number of fused-ring (bicyclic) bond motifs is 4. The quantitative estimate of drug-likeness (QED) is 0.00525. The van der Waals surface area contributed by atoms with Crippen molar-refractivity contribution < 1.29 is 164 Å². The van der Waals surface area contributed by atoms with Gasteiger partial charge in [-0.15, -0.1) is 0 Å². The Morgan fingerprint density at radius 2 is 0.949 bits per heavy atom. The Kier molecular flexibility index (Phi) is 31.9. The van der Waals surface area contributed by atoms with Gasteiger partial charge in [-0.3, -0.25) is 27.4 Å². The van der Waals surface area contributed by atoms with Crippen LogP contribution in [0, 0.1) is 10.8 Å². The van der Waals surface area contributed by atoms with Crippen LogP contribution in [-0.2, 0) is 85.4 Å². The number of imidazole rings is 2. The predicted molar refractivity (Wildman–Crippen MR) is 397 cm³/mol. The fraction of sp³-hybridized carbons (Fsp3) is 0.500. The summed E-state index contributed by atoms with van der Waals surface area (Å²) >= 11 is 6.01. The summed E-state index contributed by atoms with van der Waals surface area (Å²) in [5.41, 5.74) is -8.95. The highest BCUT2D eigenvalue weighted by molar-refractivity contribution is 7.89. The molecule has 6 heterocycles. The molecule has 2 aliphatic rings. The first-order valence-electron chi connectivity index (χ1n) is 33.6. The first-order valence-corrected chi connectivity index (χ1v) is 41.9. The first-order chi connectivity index (χ1) is 54.1. The number of aromatic nitrogens is 8. The van der Waals surface area contributed by atoms with Crippen LogP contribution in [0.5, 0.6) is 23.3 Å². The fourth-order valence-corrected chi connectivity index (χ4v) is 14.1. The smallest absolute Gasteiger partial charge is 0.479 e. The van der Waals surface area contributed by atoms with E-state index in [1.165, 1.54) is 63.7 Å². The Morgan fingerprint density at radius 1 is 0.585 bits per heavy atom. The number of halogens is 10. The van der Waals surface area contributed by atoms with Crippen molar-refractivity contribution in [2.75, 3.05) is 59.2 Å². The number of esters is 2. The molecule has 0 saturated carbocycles. The van der Waals surface area contributed by atoms with E-state index in [1.807, 2.05) is 90.1 Å². The third-order valence-corrected chi connectivity index (χ3v) is 21.7. The van der Waals surface area contributed by atoms with Gasteiger partial charge < -0.3 is 74.5 Å². The second-order valence-corrected chi connectivity index (χ2v) is 37.0. The lowest BCUT2D eigenvalue weighted by Crippen LogP contribution is -2.44. The molecule has 118 heavy (non-hydrogen) atoms. The highest BCUT2D eigenvalue weighted by atomic mass is 35.7. The predicted octanol–water partition coefficient (Wildman–Crippen LogP) is 8.02. The van der Waals surface area contributed by atoms with Crippen LogP contribution in [0.25, 0.3) is 43.9 Å². The Morgan fingerprint density at radius 3 is 1.31 bits per heavy atom. The number of aliphatic hydroxyl groups excluding tert-OH is 3. The molecule has 12 atom stereocenters. The molecule has 4 aromatic heterocycles. The molecule has 0 aliphatic carbocycles. The first kappa shape index (κ1) is 98.5. The Hall–Kier alpha value is -8.31. The van der Waals surface area contributed by atoms with Gasteiger partial charge in [0.05, 0.1) is 60.4 Å². The van der Waals surface area contributed by atoms with Gasteiger partial charge in [-0.05, 0) is 61.4 Å². The van der Waals surface area contributed by atoms with Gasteiger partial charge in [0, 0.05) is 22.0 Å². The van der Waals surface area contributed by atoms with Crippen LogP contribution in [-0.4, -0.2) is 214 Å². The van der Waals surface area contributed by atoms with E-state index in [1.54, 1.807) is 36.4 Å². The lowest BCUT2D eigenvalue weighted by Gasteiger charge is -2.27. The van der Waals surface area contributed by atoms with Crippen molar-refractivity contribution in [2.24, 2.45) is 10.8 Å². The molecular weight excluding hydrogens is 1730 g/mol. The van der Waals surface area contributed by atoms with Crippen molar-refractivity contribution in [2.45, 2.75) is 146 Å². The van der Waals surface area contributed by atoms with E-state index in [9.17, 15) is 109 Å². The summed E-state index contributed by atoms with van der Waals surface area (Å²) in [7, 11) is -19.6. The van der Waals surface area contributed by atoms with Gasteiger partial charge in [-0.1, -0.05) is 123 Å². The second-order valence-electron chi connectivity index (χ2n) is 27.9. The molecule has 39 nitrogen and oxygen atoms in total. The van der Waals surface area contributed by atoms with Gasteiger partial charge in [0.2, 0.25) is 23.7 Å². The summed E-state index contributed by atoms with van der Waals surface area (Å²) in [6.07, 6.45) is -4.42. The second kappa shape index (κ2) is 38.2. The van der Waals surface area contributed by atoms with Crippen LogP contribution in [0.4, 0.5) is 51.4 Å². The Bertz CT molecular complexity index is 5250. The molecule has 2 saturated heterocycles. The lowest BCUT2D eigenvalue weighted by atomic mass is 9.96. The van der Waals surface area contributed by atoms with Crippen LogP contribution in [0.1, 0.15) is 81.7 Å². The van der Waals surface area contributed by atoms with Crippen LogP contribution >= 0.6 is 25.9 Å². The minimum Gasteiger partial charge on any atom is -0.479 e. The number of nitrogen functional groups attached to an aromatic ring is 2. The summed E-state index contributed by atoms with van der Waals surface area (Å²) in [6.45, 7) is 13.1. The zero-order valence-corrected chi connectivity index (χ0v) is 69.0. The number of hydrogen-bond donors (Lipinski definition) is 9. The number of carbonyl (C=O) groups excluding carboxylic acids is 2. The third-order valence-electron chi connectivity index (χ3n) is 15.7. The zero-order valence-electron chi connectivity index (χ0n) is 64.0. The van der Waals surface area contributed by atoms with Crippen LogP contribution in [0.15, 0.2) is 97.6 Å². The van der Waals surface area contributed by atoms with E-state index in [0.29, 0.717) is 29.4 Å². The van der Waals surface area contributed by atoms with E-state index in [0.717, 1.165) is 16.2 Å². The van der Waals surface area contributed by atoms with Crippen molar-refractivity contribution in [1.29, 1.82) is 0 Å². The molecule has 0 radical (unpaired) electrons. The Balaban J connectivity index is 0.000000254. The number of nitrogens with one attached hydrogen (secondary N) is 2. The average Bonchev–Trinajstić information content (AvgIpc) is 1.60. The maximum Gasteiger partial charge on any atom is 0.525 e. The van der Waals surface area contributed by atoms with Crippen molar-refractivity contribution in [3.05, 3.63) is 97.6 Å². The highest BCUT2D eigenvalue weighted by Crippen LogP contribution is 2.52. The van der Waals surface area contributed by atoms with Crippen molar-refractivity contribution in [3.8, 4) is 23.3 Å². The molecular formula is C64H82ClF9N12O27P2S3. The van der Waals surface area contributed by atoms with Crippen molar-refractivity contribution in [1.82, 2.24) is 49.2 Å². The van der Waals surface area contributed by atoms with Gasteiger partial charge in [0.1, 0.15) is 59.2 Å². The molecule has 54 heteroatoms. The molecule has 11 N–H and O–H groups in total. The minimum atomic E-state index is -6.59. The van der Waals surface area contributed by atoms with E-state index < -0.39 is 147 Å². The number of rotatable bonds is 24. The summed E-state index contributed by atoms with van der Waals surface area (Å²) in [5.74, 6) is -0.385. The fourth-order valence-electron chi connectivity index (χ4n) is 9.95. The SMILES string of the molecule is COS(=O)(=O)C(F)(F)F.COc1nc(N)nc2c1ncn2C1OC(CO)C(O)C1(C)O.COc1nc(N)nc2c1ncn2C1OC(COP(=O)(N[C@@H](C)C(=O)OCC(C)(C)C)Oc2cccc3ccccc23)C(O)C1(C)O.C[C@H](NP(=O)(Cl)Oc1cccc2ccccc12)C(=O)OCC(C)(C)C.O=S(=O)(OOS(=O)(=O)C(F)(F)F)C(F)(F)F. The van der Waals surface area contributed by atoms with Gasteiger partial charge in [-0.25, -0.2) is 24.2 Å². The largest absolute Gasteiger partial charge is 0.525 e. The molecule has 0 bridgehead atoms. The monoisotopic (exact) mass is 1810 g/mol. The van der Waals surface area contributed by atoms with E-state index in [-0.39, 0.29) is 64.6 Å². The number of nitrogens with zero attached hydrogens (tertiary/aromatic N) is 8. The molecule has 8 aromatic rings. The molecule has 10 unspecified atom stereocenters. The van der Waals surface area contributed by atoms with Gasteiger partial charge in [0.15, 0.2) is 34.8 Å². The van der Waals surface area contributed by atoms with Crippen LogP contribution in [0.2, 0.25) is 0 Å². The molecule has 4 aromatic carbocycles. The molecule has 2 aliphatic heterocycles. The van der Waals surface area contributed by atoms with E-state index in [4.69, 9.17) is 64.7 Å². The van der Waals surface area contributed by atoms with E-state index >= 15 is 0 Å². The van der Waals surface area contributed by atoms with Gasteiger partial charge >= 0.3 is 73.4 Å². The highest BCUT2D eigenvalue weighted by Gasteiger charge is 2.57. The van der Waals surface area contributed by atoms with Crippen molar-refractivity contribution in [3.63, 3.8) is 0 Å². The Labute approximate surface area is 670 Å². The number of nitrogens with two attached hydrogens (primary N) is 2. The third kappa shape index (κ3) is 25.2. The topological polar surface area (TPSA) is 546 Å². The van der Waals surface area contributed by atoms with Gasteiger partial charge in [-0.2, -0.15) is 89.8 Å². The molecule has 10 rings (SSSR count). The summed E-state index contributed by atoms with van der Waals surface area (Å²) in [4.78, 5) is 49.5. The summed E-state index contributed by atoms with van der Waals surface area (Å²) in [6, 6.07) is 23.5. The molecule has 0 spiro atoms. The number of aliphatic hydroxyl groups is 5. The van der Waals surface area contributed by atoms with E-state index in [2.05, 4.69) is 52.9 Å². The number of carbonyl (C=O) groups is 2.